The first-order valence-corrected chi connectivity index (χ1v) is 10.7. The molecular formula is C27H25F3N2O. The van der Waals surface area contributed by atoms with E-state index in [1.165, 1.54) is 12.3 Å². The van der Waals surface area contributed by atoms with E-state index in [-0.39, 0.29) is 12.1 Å². The molecule has 1 aromatic heterocycles. The van der Waals surface area contributed by atoms with Gasteiger partial charge in [-0.1, -0.05) is 42.5 Å². The fourth-order valence-electron chi connectivity index (χ4n) is 4.02. The Labute approximate surface area is 191 Å². The van der Waals surface area contributed by atoms with Crippen LogP contribution in [0.3, 0.4) is 0 Å². The van der Waals surface area contributed by atoms with Crippen LogP contribution in [0.5, 0.6) is 5.75 Å². The highest BCUT2D eigenvalue weighted by atomic mass is 19.4. The lowest BCUT2D eigenvalue weighted by atomic mass is 9.93. The summed E-state index contributed by atoms with van der Waals surface area (Å²) < 4.78 is 44.3. The van der Waals surface area contributed by atoms with Crippen LogP contribution in [0.1, 0.15) is 42.8 Å². The van der Waals surface area contributed by atoms with Gasteiger partial charge in [0.05, 0.1) is 7.11 Å². The zero-order valence-corrected chi connectivity index (χ0v) is 18.6. The first-order valence-electron chi connectivity index (χ1n) is 10.7. The van der Waals surface area contributed by atoms with Gasteiger partial charge in [-0.15, -0.1) is 0 Å². The number of fused-ring (bicyclic) bond motifs is 1. The minimum absolute atomic E-state index is 0.00281. The largest absolute Gasteiger partial charge is 0.497 e. The molecule has 0 aliphatic rings. The van der Waals surface area contributed by atoms with E-state index in [1.807, 2.05) is 54.6 Å². The van der Waals surface area contributed by atoms with E-state index in [0.29, 0.717) is 5.56 Å². The van der Waals surface area contributed by atoms with E-state index < -0.39 is 11.9 Å². The molecule has 0 saturated heterocycles. The van der Waals surface area contributed by atoms with Crippen molar-refractivity contribution in [1.29, 1.82) is 0 Å². The van der Waals surface area contributed by atoms with Crippen molar-refractivity contribution in [2.24, 2.45) is 0 Å². The highest BCUT2D eigenvalue weighted by Crippen LogP contribution is 2.34. The normalized spacial score (nSPS) is 13.6. The van der Waals surface area contributed by atoms with Gasteiger partial charge in [0.15, 0.2) is 0 Å². The molecule has 0 bridgehead atoms. The first kappa shape index (κ1) is 22.8. The average Bonchev–Trinajstić information content (AvgIpc) is 2.82. The fraction of sp³-hybridized carbons (Fsp3) is 0.222. The molecule has 0 spiro atoms. The van der Waals surface area contributed by atoms with Crippen molar-refractivity contribution in [2.75, 3.05) is 7.11 Å². The molecule has 0 fully saturated rings. The topological polar surface area (TPSA) is 34.1 Å². The predicted molar refractivity (Wildman–Crippen MR) is 125 cm³/mol. The van der Waals surface area contributed by atoms with Gasteiger partial charge in [0, 0.05) is 23.8 Å². The molecular weight excluding hydrogens is 425 g/mol. The summed E-state index contributed by atoms with van der Waals surface area (Å²) in [7, 11) is 1.65. The number of nitrogens with one attached hydrogen (secondary N) is 1. The number of halogens is 3. The minimum Gasteiger partial charge on any atom is -0.497 e. The van der Waals surface area contributed by atoms with Crippen LogP contribution in [0.15, 0.2) is 79.0 Å². The summed E-state index contributed by atoms with van der Waals surface area (Å²) >= 11 is 0. The monoisotopic (exact) mass is 450 g/mol. The van der Waals surface area contributed by atoms with E-state index in [1.54, 1.807) is 7.11 Å². The molecule has 3 nitrogen and oxygen atoms in total. The Balaban J connectivity index is 1.68. The van der Waals surface area contributed by atoms with Gasteiger partial charge in [-0.25, -0.2) is 0 Å². The Morgan fingerprint density at radius 2 is 1.61 bits per heavy atom. The van der Waals surface area contributed by atoms with Crippen molar-refractivity contribution in [1.82, 2.24) is 10.3 Å². The molecule has 0 aliphatic heterocycles. The zero-order chi connectivity index (χ0) is 23.6. The van der Waals surface area contributed by atoms with Crippen LogP contribution in [0.4, 0.5) is 13.2 Å². The van der Waals surface area contributed by atoms with Crippen LogP contribution in [-0.4, -0.2) is 12.1 Å². The molecule has 33 heavy (non-hydrogen) atoms. The molecule has 3 aromatic carbocycles. The summed E-state index contributed by atoms with van der Waals surface area (Å²) in [6, 6.07) is 22.5. The van der Waals surface area contributed by atoms with Gasteiger partial charge in [0.2, 0.25) is 0 Å². The van der Waals surface area contributed by atoms with Crippen molar-refractivity contribution in [3.8, 4) is 16.9 Å². The summed E-state index contributed by atoms with van der Waals surface area (Å²) in [6.07, 6.45) is -3.16. The summed E-state index contributed by atoms with van der Waals surface area (Å²) in [5.41, 5.74) is 2.75. The molecule has 2 atom stereocenters. The van der Waals surface area contributed by atoms with Gasteiger partial charge in [-0.05, 0) is 71.6 Å². The quantitative estimate of drug-likeness (QED) is 0.334. The number of alkyl halides is 3. The van der Waals surface area contributed by atoms with Gasteiger partial charge in [-0.2, -0.15) is 13.2 Å². The van der Waals surface area contributed by atoms with E-state index in [0.717, 1.165) is 39.3 Å². The lowest BCUT2D eigenvalue weighted by Gasteiger charge is -2.22. The number of ether oxygens (including phenoxy) is 1. The summed E-state index contributed by atoms with van der Waals surface area (Å²) in [5, 5.41) is 5.61. The minimum atomic E-state index is -4.46. The maximum atomic E-state index is 13.0. The standard InChI is InChI=1S/C27H25F3N2O/c1-17(19-8-6-9-23(14-19)33-3)32-18(2)22-13-20-7-4-5-10-24(20)25(15-22)21-11-12-26(31-16-21)27(28,29)30/h4-18,32H,1-3H3/t17-,18?/m1/s1. The molecule has 4 rings (SSSR count). The van der Waals surface area contributed by atoms with Crippen molar-refractivity contribution < 1.29 is 17.9 Å². The molecule has 4 aromatic rings. The molecule has 6 heteroatoms. The van der Waals surface area contributed by atoms with E-state index in [9.17, 15) is 13.2 Å². The lowest BCUT2D eigenvalue weighted by molar-refractivity contribution is -0.141. The summed E-state index contributed by atoms with van der Waals surface area (Å²) in [4.78, 5) is 3.66. The SMILES string of the molecule is COc1cccc([C@@H](C)NC(C)c2cc(-c3ccc(C(F)(F)F)nc3)c3ccccc3c2)c1. The van der Waals surface area contributed by atoms with Gasteiger partial charge in [0.25, 0.3) is 0 Å². The second-order valence-corrected chi connectivity index (χ2v) is 8.11. The second-order valence-electron chi connectivity index (χ2n) is 8.11. The maximum absolute atomic E-state index is 13.0. The molecule has 1 N–H and O–H groups in total. The first-order chi connectivity index (χ1) is 15.8. The molecule has 170 valence electrons. The number of benzene rings is 3. The van der Waals surface area contributed by atoms with Crippen LogP contribution in [-0.2, 0) is 6.18 Å². The summed E-state index contributed by atoms with van der Waals surface area (Å²) in [6.45, 7) is 4.17. The summed E-state index contributed by atoms with van der Waals surface area (Å²) in [5.74, 6) is 0.802. The average molecular weight is 451 g/mol. The highest BCUT2D eigenvalue weighted by molar-refractivity contribution is 5.97. The maximum Gasteiger partial charge on any atom is 0.433 e. The predicted octanol–water partition coefficient (Wildman–Crippen LogP) is 7.34. The highest BCUT2D eigenvalue weighted by Gasteiger charge is 2.32. The van der Waals surface area contributed by atoms with Gasteiger partial charge < -0.3 is 10.1 Å². The number of hydrogen-bond donors (Lipinski definition) is 1. The van der Waals surface area contributed by atoms with Crippen LogP contribution >= 0.6 is 0 Å². The van der Waals surface area contributed by atoms with Gasteiger partial charge >= 0.3 is 6.18 Å². The Kier molecular flexibility index (Phi) is 6.38. The van der Waals surface area contributed by atoms with Crippen molar-refractivity contribution in [2.45, 2.75) is 32.1 Å². The second kappa shape index (κ2) is 9.24. The molecule has 0 amide bonds. The molecule has 0 aliphatic carbocycles. The Bertz CT molecular complexity index is 1250. The van der Waals surface area contributed by atoms with Crippen LogP contribution in [0, 0.1) is 0 Å². The van der Waals surface area contributed by atoms with E-state index >= 15 is 0 Å². The van der Waals surface area contributed by atoms with Crippen molar-refractivity contribution in [3.63, 3.8) is 0 Å². The van der Waals surface area contributed by atoms with E-state index in [2.05, 4.69) is 30.2 Å². The number of pyridine rings is 1. The number of methoxy groups -OCH3 is 1. The van der Waals surface area contributed by atoms with Gasteiger partial charge in [-0.3, -0.25) is 4.98 Å². The smallest absolute Gasteiger partial charge is 0.433 e. The Morgan fingerprint density at radius 3 is 2.30 bits per heavy atom. The Hall–Kier alpha value is -3.38. The lowest BCUT2D eigenvalue weighted by Crippen LogP contribution is -2.22. The van der Waals surface area contributed by atoms with Gasteiger partial charge in [0.1, 0.15) is 11.4 Å². The third-order valence-corrected chi connectivity index (χ3v) is 5.84. The third-order valence-electron chi connectivity index (χ3n) is 5.84. The zero-order valence-electron chi connectivity index (χ0n) is 18.6. The molecule has 0 saturated carbocycles. The van der Waals surface area contributed by atoms with Crippen LogP contribution in [0.2, 0.25) is 0 Å². The van der Waals surface area contributed by atoms with E-state index in [4.69, 9.17) is 4.74 Å². The Morgan fingerprint density at radius 1 is 0.848 bits per heavy atom. The number of hydrogen-bond acceptors (Lipinski definition) is 3. The van der Waals surface area contributed by atoms with Crippen LogP contribution < -0.4 is 10.1 Å². The van der Waals surface area contributed by atoms with Crippen molar-refractivity contribution in [3.05, 3.63) is 95.8 Å². The van der Waals surface area contributed by atoms with Crippen molar-refractivity contribution >= 4 is 10.8 Å². The molecule has 1 heterocycles. The number of aromatic nitrogens is 1. The fourth-order valence-corrected chi connectivity index (χ4v) is 4.02. The number of nitrogens with zero attached hydrogens (tertiary/aromatic N) is 1. The van der Waals surface area contributed by atoms with Crippen LogP contribution in [0.25, 0.3) is 21.9 Å². The molecule has 0 radical (unpaired) electrons. The third kappa shape index (κ3) is 5.01. The number of rotatable bonds is 6. The molecule has 1 unspecified atom stereocenters.